The summed E-state index contributed by atoms with van der Waals surface area (Å²) >= 11 is 0. The summed E-state index contributed by atoms with van der Waals surface area (Å²) in [4.78, 5) is 13.6. The fourth-order valence-corrected chi connectivity index (χ4v) is 2.36. The monoisotopic (exact) mass is 490 g/mol. The largest absolute Gasteiger partial charge is 1.00 e. The van der Waals surface area contributed by atoms with Gasteiger partial charge in [0.1, 0.15) is 0 Å². The number of aryl methyl sites for hydroxylation is 1. The van der Waals surface area contributed by atoms with E-state index in [-0.39, 0.29) is 108 Å². The van der Waals surface area contributed by atoms with Crippen LogP contribution in [0.1, 0.15) is 34.1 Å². The third-order valence-electron chi connectivity index (χ3n) is 3.65. The van der Waals surface area contributed by atoms with Crippen LogP contribution in [-0.4, -0.2) is 9.91 Å². The first kappa shape index (κ1) is 33.0. The van der Waals surface area contributed by atoms with Crippen LogP contribution < -0.4 is 103 Å². The molecule has 0 unspecified atom stereocenters. The number of nitro groups is 1. The van der Waals surface area contributed by atoms with Gasteiger partial charge in [0.15, 0.2) is 11.8 Å². The first-order valence-electron chi connectivity index (χ1n) is 7.95. The molecule has 0 spiro atoms. The van der Waals surface area contributed by atoms with Crippen LogP contribution in [0.15, 0.2) is 36.7 Å². The van der Waals surface area contributed by atoms with E-state index in [0.29, 0.717) is 11.6 Å². The van der Waals surface area contributed by atoms with Crippen LogP contribution in [0.3, 0.4) is 0 Å². The molecule has 8 nitrogen and oxygen atoms in total. The van der Waals surface area contributed by atoms with Crippen molar-refractivity contribution in [1.29, 1.82) is 21.0 Å². The molecule has 2 aromatic rings. The zero-order valence-electron chi connectivity index (χ0n) is 17.3. The Hall–Kier alpha value is -1.21. The Morgan fingerprint density at radius 3 is 1.81 bits per heavy atom. The summed E-state index contributed by atoms with van der Waals surface area (Å²) in [7, 11) is 0. The van der Waals surface area contributed by atoms with Crippen LogP contribution in [0, 0.1) is 62.4 Å². The SMILES string of the molecule is Cc1cc([N+](=O)[O-])c(C(C#N)C#N)c(C(F)(F)F)c1.N#CC(C#N)c1ccncc1.[K+].[K+]. The number of pyridine rings is 1. The molecule has 0 amide bonds. The second-order valence-electron chi connectivity index (χ2n) is 5.66. The summed E-state index contributed by atoms with van der Waals surface area (Å²) in [5, 5.41) is 45.1. The average molecular weight is 491 g/mol. The van der Waals surface area contributed by atoms with Crippen LogP contribution in [0.2, 0.25) is 0 Å². The van der Waals surface area contributed by atoms with Gasteiger partial charge in [0.25, 0.3) is 5.69 Å². The maximum atomic E-state index is 12.9. The number of aromatic nitrogens is 1. The molecular weight excluding hydrogens is 479 g/mol. The molecule has 0 radical (unpaired) electrons. The van der Waals surface area contributed by atoms with Crippen molar-refractivity contribution in [3.05, 3.63) is 69.0 Å². The van der Waals surface area contributed by atoms with E-state index in [1.54, 1.807) is 24.5 Å². The maximum Gasteiger partial charge on any atom is 1.00 e. The molecule has 0 fully saturated rings. The molecule has 32 heavy (non-hydrogen) atoms. The standard InChI is InChI=1S/C11H6F3N3O2.C8H5N3.2K/c1-6-2-8(11(12,13)14)10(7(4-15)5-16)9(3-6)17(18)19;9-5-8(6-10)7-1-3-11-4-2-7;;/h2-3,7H,1H3;1-4,8H;;/q;;2*+1. The van der Waals surface area contributed by atoms with Gasteiger partial charge in [-0.15, -0.1) is 0 Å². The minimum Gasteiger partial charge on any atom is -0.265 e. The second-order valence-corrected chi connectivity index (χ2v) is 5.66. The Morgan fingerprint density at radius 1 is 0.969 bits per heavy atom. The molecule has 0 saturated carbocycles. The Bertz CT molecular complexity index is 1070. The number of benzene rings is 1. The second kappa shape index (κ2) is 15.6. The molecule has 0 atom stereocenters. The van der Waals surface area contributed by atoms with Gasteiger partial charge in [0, 0.05) is 18.5 Å². The first-order valence-corrected chi connectivity index (χ1v) is 7.95. The number of nitrogens with zero attached hydrogens (tertiary/aromatic N) is 6. The Balaban J connectivity index is 0. The number of hydrogen-bond acceptors (Lipinski definition) is 7. The quantitative estimate of drug-likeness (QED) is 0.282. The number of halogens is 3. The van der Waals surface area contributed by atoms with Gasteiger partial charge in [-0.25, -0.2) is 0 Å². The van der Waals surface area contributed by atoms with Gasteiger partial charge in [-0.05, 0) is 36.2 Å². The van der Waals surface area contributed by atoms with Crippen LogP contribution in [0.4, 0.5) is 18.9 Å². The Morgan fingerprint density at radius 2 is 1.44 bits per heavy atom. The van der Waals surface area contributed by atoms with Crippen molar-refractivity contribution in [3.8, 4) is 24.3 Å². The Labute approximate surface area is 266 Å². The predicted octanol–water partition coefficient (Wildman–Crippen LogP) is -1.73. The van der Waals surface area contributed by atoms with Gasteiger partial charge in [-0.1, -0.05) is 0 Å². The van der Waals surface area contributed by atoms with E-state index in [2.05, 4.69) is 4.98 Å². The van der Waals surface area contributed by atoms with Gasteiger partial charge in [0.05, 0.1) is 40.3 Å². The summed E-state index contributed by atoms with van der Waals surface area (Å²) in [6.45, 7) is 1.26. The van der Waals surface area contributed by atoms with Crippen molar-refractivity contribution in [3.63, 3.8) is 0 Å². The van der Waals surface area contributed by atoms with Crippen LogP contribution >= 0.6 is 0 Å². The average Bonchev–Trinajstić information content (AvgIpc) is 2.71. The summed E-state index contributed by atoms with van der Waals surface area (Å²) < 4.78 is 38.6. The third kappa shape index (κ3) is 9.34. The number of nitro benzene ring substituents is 1. The first-order chi connectivity index (χ1) is 14.1. The van der Waals surface area contributed by atoms with Crippen molar-refractivity contribution in [2.45, 2.75) is 24.9 Å². The molecule has 1 aromatic heterocycles. The van der Waals surface area contributed by atoms with E-state index < -0.39 is 39.7 Å². The minimum absolute atomic E-state index is 0. The normalized spacial score (nSPS) is 9.44. The molecule has 0 saturated heterocycles. The number of nitriles is 4. The van der Waals surface area contributed by atoms with Gasteiger partial charge in [-0.3, -0.25) is 15.1 Å². The molecule has 0 aliphatic rings. The molecule has 2 rings (SSSR count). The summed E-state index contributed by atoms with van der Waals surface area (Å²) in [5.41, 5.74) is -2.39. The summed E-state index contributed by atoms with van der Waals surface area (Å²) in [6.07, 6.45) is -1.74. The van der Waals surface area contributed by atoms with Crippen molar-refractivity contribution in [2.75, 3.05) is 0 Å². The summed E-state index contributed by atoms with van der Waals surface area (Å²) in [6, 6.07) is 11.3. The van der Waals surface area contributed by atoms with Gasteiger partial charge in [0.2, 0.25) is 0 Å². The van der Waals surface area contributed by atoms with E-state index in [9.17, 15) is 23.3 Å². The fourth-order valence-electron chi connectivity index (χ4n) is 2.36. The summed E-state index contributed by atoms with van der Waals surface area (Å²) in [5.74, 6) is -2.52. The smallest absolute Gasteiger partial charge is 0.265 e. The third-order valence-corrected chi connectivity index (χ3v) is 3.65. The number of hydrogen-bond donors (Lipinski definition) is 0. The van der Waals surface area contributed by atoms with E-state index in [1.807, 2.05) is 12.1 Å². The molecule has 150 valence electrons. The molecule has 13 heteroatoms. The van der Waals surface area contributed by atoms with Crippen LogP contribution in [0.25, 0.3) is 0 Å². The maximum absolute atomic E-state index is 12.9. The number of rotatable bonds is 3. The zero-order chi connectivity index (χ0) is 22.9. The molecule has 0 aliphatic carbocycles. The van der Waals surface area contributed by atoms with Crippen molar-refractivity contribution >= 4 is 5.69 Å². The van der Waals surface area contributed by atoms with Crippen molar-refractivity contribution < 1.29 is 121 Å². The van der Waals surface area contributed by atoms with Gasteiger partial charge >= 0.3 is 109 Å². The van der Waals surface area contributed by atoms with E-state index in [1.165, 1.54) is 19.1 Å². The van der Waals surface area contributed by atoms with Crippen LogP contribution in [0.5, 0.6) is 0 Å². The van der Waals surface area contributed by atoms with E-state index in [4.69, 9.17) is 21.0 Å². The van der Waals surface area contributed by atoms with Crippen molar-refractivity contribution in [2.24, 2.45) is 0 Å². The number of alkyl halides is 3. The molecule has 1 aromatic carbocycles. The van der Waals surface area contributed by atoms with Crippen molar-refractivity contribution in [1.82, 2.24) is 4.98 Å². The molecule has 1 heterocycles. The van der Waals surface area contributed by atoms with Gasteiger partial charge < -0.3 is 0 Å². The van der Waals surface area contributed by atoms with Crippen LogP contribution in [-0.2, 0) is 6.18 Å². The molecule has 0 bridgehead atoms. The molecule has 0 aliphatic heterocycles. The minimum atomic E-state index is -4.88. The van der Waals surface area contributed by atoms with Gasteiger partial charge in [-0.2, -0.15) is 34.2 Å². The topological polar surface area (TPSA) is 151 Å². The predicted molar refractivity (Wildman–Crippen MR) is 95.0 cm³/mol. The zero-order valence-corrected chi connectivity index (χ0v) is 23.5. The van der Waals surface area contributed by atoms with E-state index in [0.717, 1.165) is 6.07 Å². The molecular formula is C19H11F3K2N6O2+2. The van der Waals surface area contributed by atoms with E-state index >= 15 is 0 Å². The molecule has 0 N–H and O–H groups in total. The fraction of sp³-hybridized carbons (Fsp3) is 0.211. The Kier molecular flexibility index (Phi) is 16.1.